The molecule has 0 unspecified atom stereocenters. The first-order chi connectivity index (χ1) is 15.2. The number of rotatable bonds is 5. The summed E-state index contributed by atoms with van der Waals surface area (Å²) in [7, 11) is 0. The lowest BCUT2D eigenvalue weighted by Gasteiger charge is -2.07. The fourth-order valence-corrected chi connectivity index (χ4v) is 3.78. The summed E-state index contributed by atoms with van der Waals surface area (Å²) < 4.78 is 12.7. The van der Waals surface area contributed by atoms with Gasteiger partial charge in [0.05, 0.1) is 6.21 Å². The smallest absolute Gasteiger partial charge is 0.271 e. The number of hydrogen-bond donors (Lipinski definition) is 1. The van der Waals surface area contributed by atoms with Crippen LogP contribution in [0.3, 0.4) is 0 Å². The van der Waals surface area contributed by atoms with E-state index >= 15 is 0 Å². The third kappa shape index (κ3) is 3.85. The maximum absolute atomic E-state index is 12.4. The summed E-state index contributed by atoms with van der Waals surface area (Å²) >= 11 is 6.34. The van der Waals surface area contributed by atoms with Crippen LogP contribution in [0.15, 0.2) is 78.0 Å². The number of amides is 1. The van der Waals surface area contributed by atoms with Crippen molar-refractivity contribution in [3.05, 3.63) is 94.6 Å². The van der Waals surface area contributed by atoms with E-state index in [9.17, 15) is 4.79 Å². The van der Waals surface area contributed by atoms with Crippen LogP contribution in [-0.2, 0) is 6.54 Å². The highest BCUT2D eigenvalue weighted by molar-refractivity contribution is 6.31. The van der Waals surface area contributed by atoms with Crippen molar-refractivity contribution >= 4 is 34.6 Å². The molecule has 1 N–H and O–H groups in total. The van der Waals surface area contributed by atoms with Crippen molar-refractivity contribution in [2.45, 2.75) is 6.54 Å². The molecule has 0 spiro atoms. The van der Waals surface area contributed by atoms with Crippen molar-refractivity contribution in [2.24, 2.45) is 5.10 Å². The SMILES string of the molecule is O=C(N/N=C/c1cn(Cc2ccccc2Cl)c2ccccc12)c1ccc2c(c1)OCO2. The average molecular weight is 432 g/mol. The Hall–Kier alpha value is -3.77. The Morgan fingerprint density at radius 3 is 2.77 bits per heavy atom. The molecule has 1 aromatic heterocycles. The van der Waals surface area contributed by atoms with Gasteiger partial charge in [-0.1, -0.05) is 48.0 Å². The Bertz CT molecular complexity index is 1310. The topological polar surface area (TPSA) is 64.9 Å². The summed E-state index contributed by atoms with van der Waals surface area (Å²) in [6, 6.07) is 20.9. The van der Waals surface area contributed by atoms with Gasteiger partial charge in [0, 0.05) is 39.8 Å². The molecule has 5 rings (SSSR count). The van der Waals surface area contributed by atoms with Gasteiger partial charge in [-0.05, 0) is 35.9 Å². The standard InChI is InChI=1S/C24H18ClN3O3/c25-20-7-3-1-5-17(20)13-28-14-18(19-6-2-4-8-21(19)28)12-26-27-24(29)16-9-10-22-23(11-16)31-15-30-22/h1-12,14H,13,15H2,(H,27,29)/b26-12+. The summed E-state index contributed by atoms with van der Waals surface area (Å²) in [4.78, 5) is 12.4. The number of carbonyl (C=O) groups excluding carboxylic acids is 1. The zero-order valence-corrected chi connectivity index (χ0v) is 17.2. The molecule has 0 radical (unpaired) electrons. The minimum Gasteiger partial charge on any atom is -0.454 e. The summed E-state index contributed by atoms with van der Waals surface area (Å²) in [6.07, 6.45) is 3.65. The molecule has 3 aromatic carbocycles. The predicted molar refractivity (Wildman–Crippen MR) is 120 cm³/mol. The molecule has 1 aliphatic rings. The number of hydrogen-bond acceptors (Lipinski definition) is 4. The van der Waals surface area contributed by atoms with E-state index in [-0.39, 0.29) is 12.7 Å². The Balaban J connectivity index is 1.37. The van der Waals surface area contributed by atoms with Crippen LogP contribution in [0.1, 0.15) is 21.5 Å². The van der Waals surface area contributed by atoms with Crippen LogP contribution < -0.4 is 14.9 Å². The Labute approximate surface area is 183 Å². The molecule has 0 fully saturated rings. The minimum absolute atomic E-state index is 0.164. The molecule has 0 aliphatic carbocycles. The van der Waals surface area contributed by atoms with Crippen LogP contribution in [0.5, 0.6) is 11.5 Å². The molecule has 154 valence electrons. The number of aromatic nitrogens is 1. The van der Waals surface area contributed by atoms with Crippen molar-refractivity contribution in [1.82, 2.24) is 9.99 Å². The molecule has 31 heavy (non-hydrogen) atoms. The maximum Gasteiger partial charge on any atom is 0.271 e. The van der Waals surface area contributed by atoms with Crippen LogP contribution in [-0.4, -0.2) is 23.5 Å². The number of benzene rings is 3. The monoisotopic (exact) mass is 431 g/mol. The molecule has 1 amide bonds. The van der Waals surface area contributed by atoms with Crippen LogP contribution in [0, 0.1) is 0 Å². The van der Waals surface area contributed by atoms with Crippen molar-refractivity contribution in [3.63, 3.8) is 0 Å². The van der Waals surface area contributed by atoms with Gasteiger partial charge in [-0.2, -0.15) is 5.10 Å². The van der Waals surface area contributed by atoms with Gasteiger partial charge in [-0.3, -0.25) is 4.79 Å². The molecule has 0 bridgehead atoms. The summed E-state index contributed by atoms with van der Waals surface area (Å²) in [5, 5.41) is 5.93. The van der Waals surface area contributed by atoms with Crippen molar-refractivity contribution in [1.29, 1.82) is 0 Å². The van der Waals surface area contributed by atoms with Crippen molar-refractivity contribution in [3.8, 4) is 11.5 Å². The van der Waals surface area contributed by atoms with Crippen molar-refractivity contribution in [2.75, 3.05) is 6.79 Å². The minimum atomic E-state index is -0.325. The lowest BCUT2D eigenvalue weighted by atomic mass is 10.2. The molecule has 4 aromatic rings. The fourth-order valence-electron chi connectivity index (χ4n) is 3.58. The number of para-hydroxylation sites is 1. The van der Waals surface area contributed by atoms with Gasteiger partial charge in [0.25, 0.3) is 5.91 Å². The molecule has 0 atom stereocenters. The first-order valence-electron chi connectivity index (χ1n) is 9.73. The predicted octanol–water partition coefficient (Wildman–Crippen LogP) is 4.84. The van der Waals surface area contributed by atoms with Gasteiger partial charge in [0.1, 0.15) is 0 Å². The Morgan fingerprint density at radius 2 is 1.87 bits per heavy atom. The molecular weight excluding hydrogens is 414 g/mol. The maximum atomic E-state index is 12.4. The highest BCUT2D eigenvalue weighted by Gasteiger charge is 2.16. The quantitative estimate of drug-likeness (QED) is 0.363. The number of nitrogens with zero attached hydrogens (tertiary/aromatic N) is 2. The Kier molecular flexibility index (Phi) is 5.06. The number of ether oxygens (including phenoxy) is 2. The largest absolute Gasteiger partial charge is 0.454 e. The summed E-state index contributed by atoms with van der Waals surface area (Å²) in [6.45, 7) is 0.800. The average Bonchev–Trinajstić information content (AvgIpc) is 3.40. The number of fused-ring (bicyclic) bond motifs is 2. The molecule has 1 aliphatic heterocycles. The summed E-state index contributed by atoms with van der Waals surface area (Å²) in [5.74, 6) is 0.861. The fraction of sp³-hybridized carbons (Fsp3) is 0.0833. The van der Waals surface area contributed by atoms with Crippen LogP contribution in [0.25, 0.3) is 10.9 Å². The van der Waals surface area contributed by atoms with E-state index in [0.717, 1.165) is 27.1 Å². The first-order valence-corrected chi connectivity index (χ1v) is 10.1. The highest BCUT2D eigenvalue weighted by atomic mass is 35.5. The van der Waals surface area contributed by atoms with Gasteiger partial charge >= 0.3 is 0 Å². The zero-order chi connectivity index (χ0) is 21.2. The van der Waals surface area contributed by atoms with Crippen LogP contribution >= 0.6 is 11.6 Å². The molecule has 2 heterocycles. The molecule has 7 heteroatoms. The van der Waals surface area contributed by atoms with E-state index in [1.165, 1.54) is 0 Å². The van der Waals surface area contributed by atoms with Gasteiger partial charge < -0.3 is 14.0 Å². The van der Waals surface area contributed by atoms with E-state index in [2.05, 4.69) is 21.2 Å². The zero-order valence-electron chi connectivity index (χ0n) is 16.4. The normalized spacial score (nSPS) is 12.5. The van der Waals surface area contributed by atoms with E-state index in [0.29, 0.717) is 23.6 Å². The summed E-state index contributed by atoms with van der Waals surface area (Å²) in [5.41, 5.74) is 6.01. The van der Waals surface area contributed by atoms with Gasteiger partial charge in [0.15, 0.2) is 11.5 Å². The van der Waals surface area contributed by atoms with E-state index in [4.69, 9.17) is 21.1 Å². The number of hydrazone groups is 1. The number of halogens is 1. The second kappa shape index (κ2) is 8.16. The van der Waals surface area contributed by atoms with Gasteiger partial charge in [0.2, 0.25) is 6.79 Å². The lowest BCUT2D eigenvalue weighted by molar-refractivity contribution is 0.0954. The molecule has 6 nitrogen and oxygen atoms in total. The van der Waals surface area contributed by atoms with E-state index < -0.39 is 0 Å². The molecule has 0 saturated heterocycles. The third-order valence-corrected chi connectivity index (χ3v) is 5.49. The van der Waals surface area contributed by atoms with Crippen LogP contribution in [0.4, 0.5) is 0 Å². The molecular formula is C24H18ClN3O3. The highest BCUT2D eigenvalue weighted by Crippen LogP contribution is 2.32. The number of nitrogens with one attached hydrogen (secondary N) is 1. The Morgan fingerprint density at radius 1 is 1.06 bits per heavy atom. The van der Waals surface area contributed by atoms with Crippen LogP contribution in [0.2, 0.25) is 5.02 Å². The van der Waals surface area contributed by atoms with E-state index in [1.54, 1.807) is 24.4 Å². The van der Waals surface area contributed by atoms with Gasteiger partial charge in [-0.25, -0.2) is 5.43 Å². The second-order valence-corrected chi connectivity index (χ2v) is 7.50. The first kappa shape index (κ1) is 19.2. The second-order valence-electron chi connectivity index (χ2n) is 7.09. The molecule has 0 saturated carbocycles. The third-order valence-electron chi connectivity index (χ3n) is 5.12. The number of carbonyl (C=O) groups is 1. The van der Waals surface area contributed by atoms with Crippen molar-refractivity contribution < 1.29 is 14.3 Å². The van der Waals surface area contributed by atoms with E-state index in [1.807, 2.05) is 48.7 Å². The van der Waals surface area contributed by atoms with Gasteiger partial charge in [-0.15, -0.1) is 0 Å². The lowest BCUT2D eigenvalue weighted by Crippen LogP contribution is -2.17.